The zero-order valence-electron chi connectivity index (χ0n) is 16.4. The van der Waals surface area contributed by atoms with Crippen LogP contribution < -0.4 is 4.74 Å². The van der Waals surface area contributed by atoms with E-state index in [1.54, 1.807) is 13.3 Å². The Bertz CT molecular complexity index is 1170. The molecule has 1 aromatic carbocycles. The normalized spacial score (nSPS) is 16.5. The van der Waals surface area contributed by atoms with Gasteiger partial charge >= 0.3 is 0 Å². The minimum atomic E-state index is 0.442. The van der Waals surface area contributed by atoms with E-state index in [0.717, 1.165) is 49.1 Å². The Morgan fingerprint density at radius 2 is 2.10 bits per heavy atom. The Hall–Kier alpha value is -3.18. The summed E-state index contributed by atoms with van der Waals surface area (Å²) in [4.78, 5) is 15.6. The van der Waals surface area contributed by atoms with Gasteiger partial charge in [0.15, 0.2) is 6.29 Å². The van der Waals surface area contributed by atoms with Crippen LogP contribution in [0.5, 0.6) is 5.75 Å². The highest BCUT2D eigenvalue weighted by Gasteiger charge is 2.24. The first-order valence-electron chi connectivity index (χ1n) is 9.88. The highest BCUT2D eigenvalue weighted by atomic mass is 16.5. The van der Waals surface area contributed by atoms with Crippen molar-refractivity contribution in [3.05, 3.63) is 82.3 Å². The monoisotopic (exact) mass is 386 g/mol. The van der Waals surface area contributed by atoms with Crippen molar-refractivity contribution in [1.29, 1.82) is 0 Å². The van der Waals surface area contributed by atoms with Crippen molar-refractivity contribution in [2.75, 3.05) is 20.3 Å². The standard InChI is InChI=1S/C24H22N2O3/c1-28-20-3-5-22-17(12-20)2-4-21(16-7-10-29-11-8-16)24(22)18-6-9-26-14-19(15-27)25-23(26)13-18/h3,5-7,9,12-15H,2,4,8,10-11H2,1H3. The predicted octanol–water partition coefficient (Wildman–Crippen LogP) is 4.25. The van der Waals surface area contributed by atoms with Gasteiger partial charge in [-0.25, -0.2) is 4.98 Å². The number of nitrogens with zero attached hydrogens (tertiary/aromatic N) is 2. The zero-order valence-corrected chi connectivity index (χ0v) is 16.4. The van der Waals surface area contributed by atoms with Crippen LogP contribution in [0.4, 0.5) is 0 Å². The van der Waals surface area contributed by atoms with Crippen molar-refractivity contribution in [1.82, 2.24) is 9.38 Å². The molecule has 0 spiro atoms. The molecule has 0 unspecified atom stereocenters. The summed E-state index contributed by atoms with van der Waals surface area (Å²) >= 11 is 0. The van der Waals surface area contributed by atoms with Gasteiger partial charge in [0.2, 0.25) is 0 Å². The third-order valence-electron chi connectivity index (χ3n) is 5.77. The first kappa shape index (κ1) is 17.9. The van der Waals surface area contributed by atoms with Crippen LogP contribution in [-0.2, 0) is 11.2 Å². The molecule has 0 saturated carbocycles. The number of pyridine rings is 1. The molecule has 3 aromatic rings. The SMILES string of the molecule is COc1ccc2c(c1)CCC(C1=CCOCC1)=C2c1ccn2cc(C=O)nc2c1. The van der Waals surface area contributed by atoms with Crippen molar-refractivity contribution < 1.29 is 14.3 Å². The number of methoxy groups -OCH3 is 1. The third kappa shape index (κ3) is 3.17. The van der Waals surface area contributed by atoms with Crippen LogP contribution in [0.15, 0.2) is 59.9 Å². The first-order chi connectivity index (χ1) is 14.3. The molecule has 3 heterocycles. The lowest BCUT2D eigenvalue weighted by atomic mass is 9.79. The van der Waals surface area contributed by atoms with Crippen LogP contribution in [0.2, 0.25) is 0 Å². The van der Waals surface area contributed by atoms with E-state index < -0.39 is 0 Å². The minimum absolute atomic E-state index is 0.442. The summed E-state index contributed by atoms with van der Waals surface area (Å²) in [6, 6.07) is 10.5. The van der Waals surface area contributed by atoms with E-state index in [1.807, 2.05) is 16.7 Å². The van der Waals surface area contributed by atoms with E-state index in [1.165, 1.54) is 27.8 Å². The van der Waals surface area contributed by atoms with Crippen LogP contribution >= 0.6 is 0 Å². The molecular formula is C24H22N2O3. The fourth-order valence-corrected chi connectivity index (χ4v) is 4.36. The van der Waals surface area contributed by atoms with Gasteiger partial charge in [0.05, 0.1) is 20.3 Å². The van der Waals surface area contributed by atoms with Crippen molar-refractivity contribution in [3.8, 4) is 5.75 Å². The summed E-state index contributed by atoms with van der Waals surface area (Å²) in [7, 11) is 1.70. The van der Waals surface area contributed by atoms with Gasteiger partial charge in [-0.3, -0.25) is 4.79 Å². The van der Waals surface area contributed by atoms with Gasteiger partial charge in [-0.2, -0.15) is 0 Å². The van der Waals surface area contributed by atoms with Crippen LogP contribution in [0, 0.1) is 0 Å². The lowest BCUT2D eigenvalue weighted by Gasteiger charge is -2.27. The first-order valence-corrected chi connectivity index (χ1v) is 9.88. The molecule has 2 aliphatic rings. The van der Waals surface area contributed by atoms with Gasteiger partial charge < -0.3 is 13.9 Å². The number of carbonyl (C=O) groups is 1. The number of rotatable bonds is 4. The summed E-state index contributed by atoms with van der Waals surface area (Å²) in [5.41, 5.74) is 8.89. The van der Waals surface area contributed by atoms with Crippen molar-refractivity contribution in [2.24, 2.45) is 0 Å². The molecule has 1 aliphatic heterocycles. The average Bonchev–Trinajstić information content (AvgIpc) is 3.21. The predicted molar refractivity (Wildman–Crippen MR) is 111 cm³/mol. The van der Waals surface area contributed by atoms with Crippen LogP contribution in [0.25, 0.3) is 11.2 Å². The molecule has 5 heteroatoms. The quantitative estimate of drug-likeness (QED) is 0.629. The Morgan fingerprint density at radius 1 is 1.17 bits per heavy atom. The molecule has 5 rings (SSSR count). The largest absolute Gasteiger partial charge is 0.497 e. The van der Waals surface area contributed by atoms with Gasteiger partial charge in [0.1, 0.15) is 17.1 Å². The van der Waals surface area contributed by atoms with Crippen molar-refractivity contribution in [3.63, 3.8) is 0 Å². The van der Waals surface area contributed by atoms with Gasteiger partial charge in [0.25, 0.3) is 0 Å². The van der Waals surface area contributed by atoms with E-state index in [2.05, 4.69) is 35.3 Å². The zero-order chi connectivity index (χ0) is 19.8. The van der Waals surface area contributed by atoms with E-state index in [-0.39, 0.29) is 0 Å². The van der Waals surface area contributed by atoms with Gasteiger partial charge in [-0.1, -0.05) is 12.1 Å². The molecule has 5 nitrogen and oxygen atoms in total. The summed E-state index contributed by atoms with van der Waals surface area (Å²) in [6.45, 7) is 1.43. The molecule has 0 saturated heterocycles. The highest BCUT2D eigenvalue weighted by molar-refractivity contribution is 5.88. The van der Waals surface area contributed by atoms with Gasteiger partial charge in [-0.15, -0.1) is 0 Å². The number of aromatic nitrogens is 2. The van der Waals surface area contributed by atoms with E-state index in [0.29, 0.717) is 12.3 Å². The second-order valence-corrected chi connectivity index (χ2v) is 7.40. The van der Waals surface area contributed by atoms with Gasteiger partial charge in [-0.05, 0) is 76.9 Å². The molecule has 29 heavy (non-hydrogen) atoms. The Kier molecular flexibility index (Phi) is 4.52. The Morgan fingerprint density at radius 3 is 2.90 bits per heavy atom. The lowest BCUT2D eigenvalue weighted by Crippen LogP contribution is -2.13. The number of fused-ring (bicyclic) bond motifs is 2. The number of hydrogen-bond acceptors (Lipinski definition) is 4. The molecule has 0 N–H and O–H groups in total. The molecule has 0 bridgehead atoms. The van der Waals surface area contributed by atoms with Crippen LogP contribution in [-0.4, -0.2) is 36.0 Å². The maximum Gasteiger partial charge on any atom is 0.170 e. The molecule has 0 radical (unpaired) electrons. The second-order valence-electron chi connectivity index (χ2n) is 7.40. The van der Waals surface area contributed by atoms with E-state index in [4.69, 9.17) is 9.47 Å². The summed E-state index contributed by atoms with van der Waals surface area (Å²) in [5.74, 6) is 0.885. The van der Waals surface area contributed by atoms with Crippen LogP contribution in [0.1, 0.15) is 40.0 Å². The molecule has 146 valence electrons. The van der Waals surface area contributed by atoms with E-state index >= 15 is 0 Å². The number of hydrogen-bond donors (Lipinski definition) is 0. The third-order valence-corrected chi connectivity index (χ3v) is 5.77. The van der Waals surface area contributed by atoms with E-state index in [9.17, 15) is 4.79 Å². The minimum Gasteiger partial charge on any atom is -0.497 e. The topological polar surface area (TPSA) is 52.8 Å². The molecule has 0 fully saturated rings. The number of ether oxygens (including phenoxy) is 2. The number of allylic oxidation sites excluding steroid dienone is 1. The summed E-state index contributed by atoms with van der Waals surface area (Å²) < 4.78 is 12.9. The maximum atomic E-state index is 11.1. The number of aryl methyl sites for hydroxylation is 1. The Balaban J connectivity index is 1.72. The fraction of sp³-hybridized carbons (Fsp3) is 0.250. The fourth-order valence-electron chi connectivity index (χ4n) is 4.36. The van der Waals surface area contributed by atoms with Gasteiger partial charge in [0, 0.05) is 12.4 Å². The molecule has 1 aliphatic carbocycles. The summed E-state index contributed by atoms with van der Waals surface area (Å²) in [6.07, 6.45) is 9.64. The molecular weight excluding hydrogens is 364 g/mol. The van der Waals surface area contributed by atoms with Crippen molar-refractivity contribution in [2.45, 2.75) is 19.3 Å². The number of carbonyl (C=O) groups excluding carboxylic acids is 1. The second kappa shape index (κ2) is 7.33. The maximum absolute atomic E-state index is 11.1. The molecule has 2 aromatic heterocycles. The number of benzene rings is 1. The highest BCUT2D eigenvalue weighted by Crippen LogP contribution is 2.41. The van der Waals surface area contributed by atoms with Crippen LogP contribution in [0.3, 0.4) is 0 Å². The lowest BCUT2D eigenvalue weighted by molar-refractivity contribution is 0.111. The average molecular weight is 386 g/mol. The molecule has 0 amide bonds. The molecule has 0 atom stereocenters. The Labute approximate surface area is 169 Å². The number of imidazole rings is 1. The number of aldehydes is 1. The van der Waals surface area contributed by atoms with Crippen molar-refractivity contribution >= 4 is 17.5 Å². The summed E-state index contributed by atoms with van der Waals surface area (Å²) in [5, 5.41) is 0. The smallest absolute Gasteiger partial charge is 0.170 e.